The summed E-state index contributed by atoms with van der Waals surface area (Å²) in [5.41, 5.74) is 7.01. The maximum atomic E-state index is 12.2. The van der Waals surface area contributed by atoms with E-state index in [-0.39, 0.29) is 12.8 Å². The van der Waals surface area contributed by atoms with Crippen molar-refractivity contribution in [2.24, 2.45) is 5.73 Å². The van der Waals surface area contributed by atoms with Gasteiger partial charge in [0.2, 0.25) is 17.7 Å². The molecule has 0 bridgehead atoms. The van der Waals surface area contributed by atoms with Gasteiger partial charge in [-0.3, -0.25) is 19.2 Å². The molecule has 2 aromatic heterocycles. The summed E-state index contributed by atoms with van der Waals surface area (Å²) in [6.07, 6.45) is 6.15. The fraction of sp³-hybridized carbons (Fsp3) is 0.375. The van der Waals surface area contributed by atoms with E-state index in [4.69, 9.17) is 10.8 Å². The van der Waals surface area contributed by atoms with E-state index in [0.29, 0.717) is 11.4 Å². The number of carbonyl (C=O) groups excluding carboxylic acids is 3. The number of nitrogens with zero attached hydrogens (tertiary/aromatic N) is 2. The minimum Gasteiger partial charge on any atom is -0.480 e. The quantitative estimate of drug-likeness (QED) is 0.205. The molecule has 2 heterocycles. The summed E-state index contributed by atoms with van der Waals surface area (Å²) in [4.78, 5) is 60.3. The number of rotatable bonds is 11. The summed E-state index contributed by atoms with van der Waals surface area (Å²) in [6, 6.07) is -1.94. The Bertz CT molecular complexity index is 820. The number of carbonyl (C=O) groups is 4. The number of carboxylic acid groups (broad SMARTS) is 1. The lowest BCUT2D eigenvalue weighted by Gasteiger charge is -2.18. The molecule has 2 rings (SSSR count). The van der Waals surface area contributed by atoms with E-state index >= 15 is 0 Å². The molecule has 0 saturated heterocycles. The summed E-state index contributed by atoms with van der Waals surface area (Å²) in [6.45, 7) is -0.992. The number of hydrogen-bond donors (Lipinski definition) is 7. The van der Waals surface area contributed by atoms with Crippen LogP contribution < -0.4 is 21.7 Å². The molecular weight excluding hydrogens is 384 g/mol. The lowest BCUT2D eigenvalue weighted by atomic mass is 10.1. The van der Waals surface area contributed by atoms with Crippen LogP contribution in [0.2, 0.25) is 0 Å². The van der Waals surface area contributed by atoms with Crippen molar-refractivity contribution in [3.05, 3.63) is 36.4 Å². The van der Waals surface area contributed by atoms with E-state index in [9.17, 15) is 19.2 Å². The Kier molecular flexibility index (Phi) is 7.85. The van der Waals surface area contributed by atoms with Gasteiger partial charge in [-0.25, -0.2) is 9.97 Å². The van der Waals surface area contributed by atoms with E-state index in [1.807, 2.05) is 0 Å². The van der Waals surface area contributed by atoms with Crippen molar-refractivity contribution in [3.63, 3.8) is 0 Å². The molecule has 2 atom stereocenters. The van der Waals surface area contributed by atoms with Crippen LogP contribution in [0.4, 0.5) is 0 Å². The van der Waals surface area contributed by atoms with Crippen molar-refractivity contribution in [1.29, 1.82) is 0 Å². The molecule has 0 saturated carbocycles. The average Bonchev–Trinajstić information content (AvgIpc) is 3.37. The normalized spacial score (nSPS) is 12.6. The third-order valence-electron chi connectivity index (χ3n) is 3.80. The molecule has 29 heavy (non-hydrogen) atoms. The molecule has 0 aliphatic heterocycles. The van der Waals surface area contributed by atoms with Crippen LogP contribution in [0.25, 0.3) is 0 Å². The third kappa shape index (κ3) is 7.42. The number of H-pyrrole nitrogens is 2. The Morgan fingerprint density at radius 2 is 1.55 bits per heavy atom. The fourth-order valence-corrected chi connectivity index (χ4v) is 2.38. The van der Waals surface area contributed by atoms with E-state index in [1.165, 1.54) is 25.0 Å². The molecule has 156 valence electrons. The second-order valence-corrected chi connectivity index (χ2v) is 6.12. The maximum Gasteiger partial charge on any atom is 0.322 e. The molecule has 8 N–H and O–H groups in total. The number of aliphatic carboxylic acids is 1. The highest BCUT2D eigenvalue weighted by Crippen LogP contribution is 1.99. The van der Waals surface area contributed by atoms with Crippen LogP contribution in [-0.4, -0.2) is 73.9 Å². The van der Waals surface area contributed by atoms with Crippen LogP contribution in [-0.2, 0) is 32.0 Å². The molecule has 13 nitrogen and oxygen atoms in total. The molecule has 0 spiro atoms. The van der Waals surface area contributed by atoms with Gasteiger partial charge in [0.25, 0.3) is 0 Å². The maximum absolute atomic E-state index is 12.2. The van der Waals surface area contributed by atoms with Gasteiger partial charge in [0.15, 0.2) is 0 Å². The number of aromatic amines is 2. The van der Waals surface area contributed by atoms with Gasteiger partial charge in [0.05, 0.1) is 25.2 Å². The SMILES string of the molecule is NC(Cc1cnc[nH]1)C(=O)NCC(=O)NC(Cc1cnc[nH]1)C(=O)NCC(=O)O. The van der Waals surface area contributed by atoms with Crippen LogP contribution >= 0.6 is 0 Å². The smallest absolute Gasteiger partial charge is 0.322 e. The van der Waals surface area contributed by atoms with E-state index in [1.54, 1.807) is 0 Å². The lowest BCUT2D eigenvalue weighted by Crippen LogP contribution is -2.52. The number of carboxylic acids is 1. The van der Waals surface area contributed by atoms with Crippen molar-refractivity contribution in [3.8, 4) is 0 Å². The van der Waals surface area contributed by atoms with Crippen LogP contribution in [0.5, 0.6) is 0 Å². The fourth-order valence-electron chi connectivity index (χ4n) is 2.38. The molecular formula is C16H22N8O5. The Labute approximate surface area is 164 Å². The summed E-state index contributed by atoms with van der Waals surface area (Å²) >= 11 is 0. The highest BCUT2D eigenvalue weighted by atomic mass is 16.4. The van der Waals surface area contributed by atoms with Crippen LogP contribution in [0.3, 0.4) is 0 Å². The number of hydrogen-bond acceptors (Lipinski definition) is 7. The average molecular weight is 406 g/mol. The molecule has 0 radical (unpaired) electrons. The molecule has 0 aliphatic carbocycles. The minimum absolute atomic E-state index is 0.0600. The number of nitrogens with one attached hydrogen (secondary N) is 5. The van der Waals surface area contributed by atoms with E-state index in [0.717, 1.165) is 0 Å². The zero-order chi connectivity index (χ0) is 21.2. The zero-order valence-corrected chi connectivity index (χ0v) is 15.3. The molecule has 2 unspecified atom stereocenters. The van der Waals surface area contributed by atoms with Crippen LogP contribution in [0, 0.1) is 0 Å². The summed E-state index contributed by atoms with van der Waals surface area (Å²) in [7, 11) is 0. The Balaban J connectivity index is 1.86. The van der Waals surface area contributed by atoms with Crippen molar-refractivity contribution in [1.82, 2.24) is 35.9 Å². The molecule has 0 fully saturated rings. The van der Waals surface area contributed by atoms with Gasteiger partial charge < -0.3 is 36.8 Å². The van der Waals surface area contributed by atoms with Crippen molar-refractivity contribution >= 4 is 23.7 Å². The Morgan fingerprint density at radius 3 is 2.10 bits per heavy atom. The van der Waals surface area contributed by atoms with Gasteiger partial charge in [0, 0.05) is 36.6 Å². The Hall–Kier alpha value is -3.74. The first-order chi connectivity index (χ1) is 13.8. The summed E-state index contributed by atoms with van der Waals surface area (Å²) in [5.74, 6) is -3.08. The predicted octanol–water partition coefficient (Wildman–Crippen LogP) is -2.95. The third-order valence-corrected chi connectivity index (χ3v) is 3.80. The topological polar surface area (TPSA) is 208 Å². The van der Waals surface area contributed by atoms with Gasteiger partial charge in [0.1, 0.15) is 12.6 Å². The van der Waals surface area contributed by atoms with Gasteiger partial charge in [-0.2, -0.15) is 0 Å². The van der Waals surface area contributed by atoms with Crippen molar-refractivity contribution in [2.45, 2.75) is 24.9 Å². The van der Waals surface area contributed by atoms with Crippen molar-refractivity contribution < 1.29 is 24.3 Å². The lowest BCUT2D eigenvalue weighted by molar-refractivity contribution is -0.138. The monoisotopic (exact) mass is 406 g/mol. The van der Waals surface area contributed by atoms with Crippen LogP contribution in [0.15, 0.2) is 25.0 Å². The first kappa shape index (κ1) is 21.6. The molecule has 0 aromatic carbocycles. The second kappa shape index (κ2) is 10.6. The van der Waals surface area contributed by atoms with Gasteiger partial charge in [-0.15, -0.1) is 0 Å². The van der Waals surface area contributed by atoms with Crippen LogP contribution in [0.1, 0.15) is 11.4 Å². The number of aromatic nitrogens is 4. The zero-order valence-electron chi connectivity index (χ0n) is 15.3. The largest absolute Gasteiger partial charge is 0.480 e. The first-order valence-electron chi connectivity index (χ1n) is 8.61. The number of amides is 3. The van der Waals surface area contributed by atoms with Crippen molar-refractivity contribution in [2.75, 3.05) is 13.1 Å². The highest BCUT2D eigenvalue weighted by Gasteiger charge is 2.23. The summed E-state index contributed by atoms with van der Waals surface area (Å²) < 4.78 is 0. The molecule has 13 heteroatoms. The standard InChI is InChI=1S/C16H22N8O5/c17-11(1-9-3-18-7-22-9)15(28)20-5-13(25)24-12(2-10-4-19-8-23-10)16(29)21-6-14(26)27/h3-4,7-8,11-12H,1-2,5-6,17H2,(H,18,22)(H,19,23)(H,20,28)(H,21,29)(H,24,25)(H,26,27). The summed E-state index contributed by atoms with van der Waals surface area (Å²) in [5, 5.41) is 15.7. The highest BCUT2D eigenvalue weighted by molar-refractivity contribution is 5.92. The predicted molar refractivity (Wildman–Crippen MR) is 98.1 cm³/mol. The van der Waals surface area contributed by atoms with Gasteiger partial charge in [-0.05, 0) is 0 Å². The minimum atomic E-state index is -1.22. The first-order valence-corrected chi connectivity index (χ1v) is 8.61. The molecule has 0 aliphatic rings. The van der Waals surface area contributed by atoms with E-state index in [2.05, 4.69) is 35.9 Å². The second-order valence-electron chi connectivity index (χ2n) is 6.12. The van der Waals surface area contributed by atoms with Gasteiger partial charge >= 0.3 is 5.97 Å². The van der Waals surface area contributed by atoms with Gasteiger partial charge in [-0.1, -0.05) is 0 Å². The molecule has 3 amide bonds. The molecule has 2 aromatic rings. The number of nitrogens with two attached hydrogens (primary N) is 1. The Morgan fingerprint density at radius 1 is 0.966 bits per heavy atom. The number of imidazole rings is 2. The van der Waals surface area contributed by atoms with E-state index < -0.39 is 48.9 Å².